The highest BCUT2D eigenvalue weighted by Crippen LogP contribution is 2.28. The number of urea groups is 1. The van der Waals surface area contributed by atoms with Crippen molar-refractivity contribution in [2.24, 2.45) is 11.7 Å². The summed E-state index contributed by atoms with van der Waals surface area (Å²) in [6, 6.07) is 12.8. The lowest BCUT2D eigenvalue weighted by Gasteiger charge is -2.19. The molecule has 0 saturated carbocycles. The Kier molecular flexibility index (Phi) is 7.84. The van der Waals surface area contributed by atoms with Gasteiger partial charge in [0, 0.05) is 29.5 Å². The zero-order valence-corrected chi connectivity index (χ0v) is 16.8. The number of aryl methyl sites for hydroxylation is 1. The molecule has 1 unspecified atom stereocenters. The first-order chi connectivity index (χ1) is 13.1. The first-order valence-corrected chi connectivity index (χ1v) is 9.36. The summed E-state index contributed by atoms with van der Waals surface area (Å²) >= 11 is 0. The Morgan fingerprint density at radius 2 is 1.68 bits per heavy atom. The van der Waals surface area contributed by atoms with Gasteiger partial charge in [-0.05, 0) is 61.1 Å². The topological polar surface area (TPSA) is 96.2 Å². The Bertz CT molecular complexity index is 841. The third kappa shape index (κ3) is 5.47. The second-order valence-electron chi connectivity index (χ2n) is 6.94. The van der Waals surface area contributed by atoms with E-state index in [2.05, 4.69) is 22.0 Å². The molecule has 28 heavy (non-hydrogen) atoms. The van der Waals surface area contributed by atoms with E-state index in [1.165, 1.54) is 17.5 Å². The third-order valence-corrected chi connectivity index (χ3v) is 4.83. The van der Waals surface area contributed by atoms with Crippen molar-refractivity contribution in [2.75, 3.05) is 22.5 Å². The first-order valence-electron chi connectivity index (χ1n) is 9.36. The standard InChI is InChI=1S/C21H26N4O2.ClH/c1-14(13-22)20(26)23-16-8-5-9-17(12-16)24-21(27)25-19-11-4-7-15-6-2-3-10-18(15)19;/h4-5,7-9,11-12,14H,2-3,6,10,13,22H2,1H3,(H,23,26)(H2,24,25,27);1H. The molecule has 0 aromatic heterocycles. The van der Waals surface area contributed by atoms with Crippen LogP contribution in [0.2, 0.25) is 0 Å². The number of carbonyl (C=O) groups excluding carboxylic acids is 2. The molecule has 2 aromatic rings. The van der Waals surface area contributed by atoms with E-state index >= 15 is 0 Å². The van der Waals surface area contributed by atoms with Crippen LogP contribution in [0.25, 0.3) is 0 Å². The number of carbonyl (C=O) groups is 2. The Balaban J connectivity index is 0.00000280. The molecule has 0 radical (unpaired) electrons. The van der Waals surface area contributed by atoms with E-state index in [-0.39, 0.29) is 36.8 Å². The summed E-state index contributed by atoms with van der Waals surface area (Å²) in [7, 11) is 0. The Hall–Kier alpha value is -2.57. The lowest BCUT2D eigenvalue weighted by Crippen LogP contribution is -2.26. The van der Waals surface area contributed by atoms with Gasteiger partial charge in [0.25, 0.3) is 0 Å². The molecule has 0 heterocycles. The van der Waals surface area contributed by atoms with Gasteiger partial charge in [-0.15, -0.1) is 12.4 Å². The maximum Gasteiger partial charge on any atom is 0.323 e. The van der Waals surface area contributed by atoms with Crippen LogP contribution in [0.4, 0.5) is 21.9 Å². The molecule has 7 heteroatoms. The number of rotatable bonds is 5. The van der Waals surface area contributed by atoms with E-state index in [4.69, 9.17) is 5.73 Å². The van der Waals surface area contributed by atoms with Crippen LogP contribution in [0.15, 0.2) is 42.5 Å². The fraction of sp³-hybridized carbons (Fsp3) is 0.333. The normalized spacial score (nSPS) is 13.5. The molecule has 5 N–H and O–H groups in total. The smallest absolute Gasteiger partial charge is 0.323 e. The van der Waals surface area contributed by atoms with Crippen LogP contribution >= 0.6 is 12.4 Å². The zero-order valence-electron chi connectivity index (χ0n) is 16.0. The quantitative estimate of drug-likeness (QED) is 0.604. The number of benzene rings is 2. The van der Waals surface area contributed by atoms with Crippen LogP contribution in [-0.4, -0.2) is 18.5 Å². The molecule has 1 aliphatic carbocycles. The third-order valence-electron chi connectivity index (χ3n) is 4.83. The van der Waals surface area contributed by atoms with Gasteiger partial charge in [-0.25, -0.2) is 4.79 Å². The van der Waals surface area contributed by atoms with Gasteiger partial charge in [-0.2, -0.15) is 0 Å². The Morgan fingerprint density at radius 3 is 2.43 bits per heavy atom. The van der Waals surface area contributed by atoms with Crippen molar-refractivity contribution in [1.29, 1.82) is 0 Å². The summed E-state index contributed by atoms with van der Waals surface area (Å²) in [4.78, 5) is 24.4. The average molecular weight is 403 g/mol. The molecule has 150 valence electrons. The Morgan fingerprint density at radius 1 is 1.00 bits per heavy atom. The average Bonchev–Trinajstić information content (AvgIpc) is 2.67. The van der Waals surface area contributed by atoms with E-state index in [1.54, 1.807) is 31.2 Å². The van der Waals surface area contributed by atoms with Gasteiger partial charge in [0.15, 0.2) is 0 Å². The Labute approximate surface area is 171 Å². The van der Waals surface area contributed by atoms with Crippen molar-refractivity contribution >= 4 is 41.4 Å². The molecule has 2 aromatic carbocycles. The summed E-state index contributed by atoms with van der Waals surface area (Å²) in [5.41, 5.74) is 10.2. The lowest BCUT2D eigenvalue weighted by molar-refractivity contribution is -0.119. The largest absolute Gasteiger partial charge is 0.330 e. The summed E-state index contributed by atoms with van der Waals surface area (Å²) in [5.74, 6) is -0.413. The highest BCUT2D eigenvalue weighted by atomic mass is 35.5. The van der Waals surface area contributed by atoms with Crippen LogP contribution in [0, 0.1) is 5.92 Å². The van der Waals surface area contributed by atoms with Crippen LogP contribution in [0.3, 0.4) is 0 Å². The van der Waals surface area contributed by atoms with Crippen molar-refractivity contribution in [1.82, 2.24) is 0 Å². The molecule has 6 nitrogen and oxygen atoms in total. The van der Waals surface area contributed by atoms with Gasteiger partial charge in [-0.1, -0.05) is 25.1 Å². The molecule has 1 atom stereocenters. The minimum atomic E-state index is -0.298. The number of nitrogens with two attached hydrogens (primary N) is 1. The highest BCUT2D eigenvalue weighted by molar-refractivity contribution is 6.01. The second kappa shape index (κ2) is 10.1. The molecule has 0 aliphatic heterocycles. The molecule has 3 amide bonds. The number of anilines is 3. The molecular weight excluding hydrogens is 376 g/mol. The SMILES string of the molecule is CC(CN)C(=O)Nc1cccc(NC(=O)Nc2cccc3c2CCCC3)c1.Cl. The molecule has 0 fully saturated rings. The van der Waals surface area contributed by atoms with E-state index in [0.29, 0.717) is 11.4 Å². The predicted molar refractivity (Wildman–Crippen MR) is 116 cm³/mol. The van der Waals surface area contributed by atoms with Crippen molar-refractivity contribution in [2.45, 2.75) is 32.6 Å². The lowest BCUT2D eigenvalue weighted by atomic mass is 9.90. The molecule has 1 aliphatic rings. The molecule has 3 rings (SSSR count). The predicted octanol–water partition coefficient (Wildman–Crippen LogP) is 4.16. The fourth-order valence-corrected chi connectivity index (χ4v) is 3.23. The minimum Gasteiger partial charge on any atom is -0.330 e. The number of nitrogens with one attached hydrogen (secondary N) is 3. The molecule has 0 spiro atoms. The van der Waals surface area contributed by atoms with Crippen LogP contribution < -0.4 is 21.7 Å². The zero-order chi connectivity index (χ0) is 19.2. The van der Waals surface area contributed by atoms with Gasteiger partial charge in [0.1, 0.15) is 0 Å². The summed E-state index contributed by atoms with van der Waals surface area (Å²) < 4.78 is 0. The van der Waals surface area contributed by atoms with Gasteiger partial charge in [0.2, 0.25) is 5.91 Å². The maximum atomic E-state index is 12.4. The van der Waals surface area contributed by atoms with Gasteiger partial charge < -0.3 is 21.7 Å². The summed E-state index contributed by atoms with van der Waals surface area (Å²) in [5, 5.41) is 8.59. The molecule has 0 saturated heterocycles. The minimum absolute atomic E-state index is 0. The fourth-order valence-electron chi connectivity index (χ4n) is 3.23. The van der Waals surface area contributed by atoms with E-state index in [0.717, 1.165) is 24.9 Å². The van der Waals surface area contributed by atoms with Crippen LogP contribution in [0.1, 0.15) is 30.9 Å². The van der Waals surface area contributed by atoms with E-state index in [1.807, 2.05) is 12.1 Å². The number of fused-ring (bicyclic) bond motifs is 1. The maximum absolute atomic E-state index is 12.4. The molecular formula is C21H27ClN4O2. The van der Waals surface area contributed by atoms with Crippen molar-refractivity contribution in [3.05, 3.63) is 53.6 Å². The van der Waals surface area contributed by atoms with Crippen molar-refractivity contribution < 1.29 is 9.59 Å². The second-order valence-corrected chi connectivity index (χ2v) is 6.94. The van der Waals surface area contributed by atoms with Crippen molar-refractivity contribution in [3.63, 3.8) is 0 Å². The van der Waals surface area contributed by atoms with E-state index < -0.39 is 0 Å². The van der Waals surface area contributed by atoms with E-state index in [9.17, 15) is 9.59 Å². The number of hydrogen-bond donors (Lipinski definition) is 4. The first kappa shape index (κ1) is 21.7. The highest BCUT2D eigenvalue weighted by Gasteiger charge is 2.15. The van der Waals surface area contributed by atoms with Crippen LogP contribution in [-0.2, 0) is 17.6 Å². The number of halogens is 1. The summed E-state index contributed by atoms with van der Waals surface area (Å²) in [6.45, 7) is 2.05. The molecule has 0 bridgehead atoms. The monoisotopic (exact) mass is 402 g/mol. The van der Waals surface area contributed by atoms with Gasteiger partial charge >= 0.3 is 6.03 Å². The van der Waals surface area contributed by atoms with Crippen molar-refractivity contribution in [3.8, 4) is 0 Å². The summed E-state index contributed by atoms with van der Waals surface area (Å²) in [6.07, 6.45) is 4.41. The van der Waals surface area contributed by atoms with Gasteiger partial charge in [0.05, 0.1) is 0 Å². The number of hydrogen-bond acceptors (Lipinski definition) is 3. The number of amides is 3. The van der Waals surface area contributed by atoms with Gasteiger partial charge in [-0.3, -0.25) is 4.79 Å². The van der Waals surface area contributed by atoms with Crippen LogP contribution in [0.5, 0.6) is 0 Å².